The van der Waals surface area contributed by atoms with Crippen LogP contribution in [-0.2, 0) is 0 Å². The Morgan fingerprint density at radius 2 is 1.92 bits per heavy atom. The first kappa shape index (κ1) is 9.40. The molecule has 7 heteroatoms. The Bertz CT molecular complexity index is 379. The minimum absolute atomic E-state index is 0.197. The molecule has 0 fully saturated rings. The van der Waals surface area contributed by atoms with Crippen LogP contribution in [0.25, 0.3) is 0 Å². The van der Waals surface area contributed by atoms with E-state index in [4.69, 9.17) is 21.8 Å². The summed E-state index contributed by atoms with van der Waals surface area (Å²) in [7, 11) is 0. The van der Waals surface area contributed by atoms with Crippen LogP contribution in [0, 0.1) is 0 Å². The Morgan fingerprint density at radius 3 is 2.38 bits per heavy atom. The van der Waals surface area contributed by atoms with Gasteiger partial charge in [0.15, 0.2) is 5.69 Å². The van der Waals surface area contributed by atoms with Gasteiger partial charge < -0.3 is 10.2 Å². The van der Waals surface area contributed by atoms with Crippen LogP contribution in [0.15, 0.2) is 6.20 Å². The molecule has 0 aliphatic rings. The minimum Gasteiger partial charge on any atom is -0.476 e. The second-order valence-electron chi connectivity index (χ2n) is 2.00. The highest BCUT2D eigenvalue weighted by atomic mass is 35.5. The Morgan fingerprint density at radius 1 is 1.31 bits per heavy atom. The molecule has 1 aromatic heterocycles. The highest BCUT2D eigenvalue weighted by molar-refractivity contribution is 6.33. The van der Waals surface area contributed by atoms with Crippen LogP contribution < -0.4 is 0 Å². The molecule has 68 valence electrons. The van der Waals surface area contributed by atoms with E-state index in [0.29, 0.717) is 0 Å². The molecule has 2 N–H and O–H groups in total. The lowest BCUT2D eigenvalue weighted by Crippen LogP contribution is -2.10. The van der Waals surface area contributed by atoms with Gasteiger partial charge in [0.1, 0.15) is 0 Å². The summed E-state index contributed by atoms with van der Waals surface area (Å²) >= 11 is 5.40. The molecule has 13 heavy (non-hydrogen) atoms. The second-order valence-corrected chi connectivity index (χ2v) is 2.41. The second kappa shape index (κ2) is 3.36. The molecule has 0 saturated carbocycles. The predicted molar refractivity (Wildman–Crippen MR) is 41.0 cm³/mol. The maximum absolute atomic E-state index is 10.4. The summed E-state index contributed by atoms with van der Waals surface area (Å²) in [4.78, 5) is 27.3. The van der Waals surface area contributed by atoms with E-state index in [1.165, 1.54) is 0 Å². The summed E-state index contributed by atoms with van der Waals surface area (Å²) in [5.41, 5.74) is -0.519. The summed E-state index contributed by atoms with van der Waals surface area (Å²) in [6.45, 7) is 0. The van der Waals surface area contributed by atoms with E-state index in [2.05, 4.69) is 9.97 Å². The van der Waals surface area contributed by atoms with Crippen molar-refractivity contribution in [3.63, 3.8) is 0 Å². The van der Waals surface area contributed by atoms with Crippen LogP contribution in [0.4, 0.5) is 0 Å². The summed E-state index contributed by atoms with van der Waals surface area (Å²) in [5.74, 6) is -3.39. The first-order valence-corrected chi connectivity index (χ1v) is 3.39. The van der Waals surface area contributed by atoms with Crippen LogP contribution in [0.5, 0.6) is 0 Å². The van der Waals surface area contributed by atoms with Crippen molar-refractivity contribution >= 4 is 23.5 Å². The fourth-order valence-corrected chi connectivity index (χ4v) is 0.792. The smallest absolute Gasteiger partial charge is 0.373 e. The number of aromatic nitrogens is 2. The van der Waals surface area contributed by atoms with Crippen LogP contribution in [-0.4, -0.2) is 32.1 Å². The van der Waals surface area contributed by atoms with Gasteiger partial charge in [0.25, 0.3) is 0 Å². The van der Waals surface area contributed by atoms with Crippen molar-refractivity contribution in [2.45, 2.75) is 0 Å². The standard InChI is InChI=1S/C6H3ClN2O4/c7-2-1-8-4(6(12)13)9-3(2)5(10)11/h1H,(H,10,11)(H,12,13). The molecule has 0 aliphatic carbocycles. The van der Waals surface area contributed by atoms with Crippen molar-refractivity contribution in [3.8, 4) is 0 Å². The molecule has 1 rings (SSSR count). The van der Waals surface area contributed by atoms with Crippen LogP contribution in [0.1, 0.15) is 21.1 Å². The zero-order chi connectivity index (χ0) is 10.0. The molecule has 6 nitrogen and oxygen atoms in total. The average Bonchev–Trinajstić information content (AvgIpc) is 2.04. The van der Waals surface area contributed by atoms with E-state index in [9.17, 15) is 9.59 Å². The van der Waals surface area contributed by atoms with E-state index in [1.807, 2.05) is 0 Å². The highest BCUT2D eigenvalue weighted by Crippen LogP contribution is 2.11. The molecule has 0 atom stereocenters. The zero-order valence-electron chi connectivity index (χ0n) is 6.06. The number of carboxylic acids is 2. The monoisotopic (exact) mass is 202 g/mol. The van der Waals surface area contributed by atoms with Crippen molar-refractivity contribution in [2.24, 2.45) is 0 Å². The summed E-state index contributed by atoms with van der Waals surface area (Å²) < 4.78 is 0. The van der Waals surface area contributed by atoms with E-state index in [0.717, 1.165) is 6.20 Å². The molecule has 0 unspecified atom stereocenters. The molecule has 0 saturated heterocycles. The number of nitrogens with zero attached hydrogens (tertiary/aromatic N) is 2. The molecule has 0 bridgehead atoms. The van der Waals surface area contributed by atoms with Gasteiger partial charge in [-0.25, -0.2) is 19.6 Å². The normalized spacial score (nSPS) is 9.62. The maximum atomic E-state index is 10.4. The maximum Gasteiger partial charge on any atom is 0.373 e. The molecule has 1 aromatic rings. The third kappa shape index (κ3) is 1.91. The van der Waals surface area contributed by atoms with Crippen LogP contribution in [0.2, 0.25) is 5.02 Å². The van der Waals surface area contributed by atoms with Crippen molar-refractivity contribution in [1.29, 1.82) is 0 Å². The number of carboxylic acid groups (broad SMARTS) is 2. The Kier molecular flexibility index (Phi) is 2.43. The molecule has 0 amide bonds. The zero-order valence-corrected chi connectivity index (χ0v) is 6.82. The third-order valence-corrected chi connectivity index (χ3v) is 1.41. The van der Waals surface area contributed by atoms with E-state index in [1.54, 1.807) is 0 Å². The van der Waals surface area contributed by atoms with Crippen molar-refractivity contribution in [1.82, 2.24) is 9.97 Å². The first-order chi connectivity index (χ1) is 6.02. The number of aromatic carboxylic acids is 2. The summed E-state index contributed by atoms with van der Waals surface area (Å²) in [5, 5.41) is 16.7. The van der Waals surface area contributed by atoms with E-state index in [-0.39, 0.29) is 5.02 Å². The fourth-order valence-electron chi connectivity index (χ4n) is 0.620. The topological polar surface area (TPSA) is 100 Å². The van der Waals surface area contributed by atoms with Crippen molar-refractivity contribution in [3.05, 3.63) is 22.7 Å². The van der Waals surface area contributed by atoms with E-state index >= 15 is 0 Å². The number of rotatable bonds is 2. The van der Waals surface area contributed by atoms with Gasteiger partial charge in [0.2, 0.25) is 5.82 Å². The SMILES string of the molecule is O=C(O)c1ncc(Cl)c(C(=O)O)n1. The van der Waals surface area contributed by atoms with Gasteiger partial charge in [-0.05, 0) is 0 Å². The number of carbonyl (C=O) groups is 2. The lowest BCUT2D eigenvalue weighted by molar-refractivity contribution is 0.0679. The Labute approximate surface area is 76.8 Å². The third-order valence-electron chi connectivity index (χ3n) is 1.14. The molecular formula is C6H3ClN2O4. The van der Waals surface area contributed by atoms with Gasteiger partial charge in [-0.3, -0.25) is 0 Å². The quantitative estimate of drug-likeness (QED) is 0.725. The van der Waals surface area contributed by atoms with Gasteiger partial charge in [-0.2, -0.15) is 0 Å². The summed E-state index contributed by atoms with van der Waals surface area (Å²) in [6, 6.07) is 0. The van der Waals surface area contributed by atoms with Gasteiger partial charge in [0.05, 0.1) is 11.2 Å². The summed E-state index contributed by atoms with van der Waals surface area (Å²) in [6.07, 6.45) is 0.932. The number of hydrogen-bond acceptors (Lipinski definition) is 4. The minimum atomic E-state index is -1.40. The van der Waals surface area contributed by atoms with Gasteiger partial charge >= 0.3 is 11.9 Å². The molecule has 0 radical (unpaired) electrons. The molecular weight excluding hydrogens is 200 g/mol. The van der Waals surface area contributed by atoms with Crippen LogP contribution >= 0.6 is 11.6 Å². The number of hydrogen-bond donors (Lipinski definition) is 2. The Hall–Kier alpha value is -1.69. The molecule has 1 heterocycles. The molecule has 0 spiro atoms. The largest absolute Gasteiger partial charge is 0.476 e. The average molecular weight is 203 g/mol. The van der Waals surface area contributed by atoms with Gasteiger partial charge in [0, 0.05) is 0 Å². The van der Waals surface area contributed by atoms with Gasteiger partial charge in [-0.15, -0.1) is 0 Å². The number of halogens is 1. The van der Waals surface area contributed by atoms with Gasteiger partial charge in [-0.1, -0.05) is 11.6 Å². The van der Waals surface area contributed by atoms with Crippen molar-refractivity contribution in [2.75, 3.05) is 0 Å². The fraction of sp³-hybridized carbons (Fsp3) is 0. The van der Waals surface area contributed by atoms with Crippen LogP contribution in [0.3, 0.4) is 0 Å². The Balaban J connectivity index is 3.27. The molecule has 0 aromatic carbocycles. The lowest BCUT2D eigenvalue weighted by atomic mass is 10.4. The van der Waals surface area contributed by atoms with Crippen molar-refractivity contribution < 1.29 is 19.8 Å². The highest BCUT2D eigenvalue weighted by Gasteiger charge is 2.15. The predicted octanol–water partition coefficient (Wildman–Crippen LogP) is 0.526. The molecule has 0 aliphatic heterocycles. The first-order valence-electron chi connectivity index (χ1n) is 3.01. The lowest BCUT2D eigenvalue weighted by Gasteiger charge is -1.97. The van der Waals surface area contributed by atoms with E-state index < -0.39 is 23.5 Å².